The van der Waals surface area contributed by atoms with E-state index in [4.69, 9.17) is 0 Å². The highest BCUT2D eigenvalue weighted by Crippen LogP contribution is 2.41. The Hall–Kier alpha value is -2.78. The van der Waals surface area contributed by atoms with Gasteiger partial charge in [0.25, 0.3) is 11.8 Å². The van der Waals surface area contributed by atoms with Gasteiger partial charge < -0.3 is 10.4 Å². The van der Waals surface area contributed by atoms with Gasteiger partial charge in [0, 0.05) is 12.2 Å². The number of carbonyl (C=O) groups excluding carboxylic acids is 2. The molecule has 0 spiro atoms. The Labute approximate surface area is 186 Å². The second-order valence-corrected chi connectivity index (χ2v) is 8.65. The minimum absolute atomic E-state index is 0.0448. The average molecular weight is 492 g/mol. The van der Waals surface area contributed by atoms with Crippen LogP contribution in [0.25, 0.3) is 0 Å². The molecule has 2 aliphatic heterocycles. The van der Waals surface area contributed by atoms with Gasteiger partial charge in [0.2, 0.25) is 0 Å². The number of nitrogens with one attached hydrogen (secondary N) is 1. The van der Waals surface area contributed by atoms with Crippen molar-refractivity contribution in [1.29, 1.82) is 0 Å². The van der Waals surface area contributed by atoms with Crippen molar-refractivity contribution in [3.05, 3.63) is 75.5 Å². The van der Waals surface area contributed by atoms with Crippen LogP contribution in [0.1, 0.15) is 25.3 Å². The van der Waals surface area contributed by atoms with Gasteiger partial charge in [-0.15, -0.1) is 0 Å². The van der Waals surface area contributed by atoms with Crippen molar-refractivity contribution in [2.24, 2.45) is 0 Å². The molecule has 0 aliphatic carbocycles. The van der Waals surface area contributed by atoms with Gasteiger partial charge in [0.15, 0.2) is 0 Å². The van der Waals surface area contributed by atoms with Gasteiger partial charge in [-0.05, 0) is 71.6 Å². The summed E-state index contributed by atoms with van der Waals surface area (Å²) in [5.41, 5.74) is -0.646. The molecule has 2 aromatic rings. The molecular formula is C22H20BrF2N3O3. The van der Waals surface area contributed by atoms with E-state index in [1.165, 1.54) is 29.3 Å². The Morgan fingerprint density at radius 1 is 1.26 bits per heavy atom. The molecule has 6 nitrogen and oxygen atoms in total. The molecule has 1 atom stereocenters. The van der Waals surface area contributed by atoms with Crippen LogP contribution in [0.2, 0.25) is 0 Å². The monoisotopic (exact) mass is 491 g/mol. The van der Waals surface area contributed by atoms with E-state index in [0.717, 1.165) is 6.07 Å². The lowest BCUT2D eigenvalue weighted by Crippen LogP contribution is -2.60. The maximum atomic E-state index is 13.8. The molecule has 0 radical (unpaired) electrons. The standard InChI is InChI=1S/C22H20BrF2N3O3/c1-22-8-3-9-28(22)27(12-13-4-2-5-14(24)10-13)21(31)18(19(22)29)20(30)26-15-6-7-16(23)17(25)11-15/h2,4-7,10-11,29H,3,8-9,12H2,1H3,(H,26,30)/t22-/m1/s1. The van der Waals surface area contributed by atoms with Gasteiger partial charge in [-0.1, -0.05) is 12.1 Å². The molecule has 2 N–H and O–H groups in total. The molecule has 2 heterocycles. The van der Waals surface area contributed by atoms with Crippen LogP contribution in [0.15, 0.2) is 58.3 Å². The van der Waals surface area contributed by atoms with Crippen molar-refractivity contribution in [3.63, 3.8) is 0 Å². The van der Waals surface area contributed by atoms with E-state index in [-0.39, 0.29) is 22.5 Å². The minimum atomic E-state index is -0.946. The van der Waals surface area contributed by atoms with Crippen LogP contribution in [0.4, 0.5) is 14.5 Å². The first kappa shape index (κ1) is 21.5. The Kier molecular flexibility index (Phi) is 5.57. The molecule has 1 saturated heterocycles. The van der Waals surface area contributed by atoms with Gasteiger partial charge in [0.05, 0.1) is 16.6 Å². The summed E-state index contributed by atoms with van der Waals surface area (Å²) in [7, 11) is 0. The number of aliphatic hydroxyl groups excluding tert-OH is 1. The number of hydrogen-bond donors (Lipinski definition) is 2. The number of hydrazine groups is 1. The largest absolute Gasteiger partial charge is 0.509 e. The molecule has 2 aliphatic rings. The summed E-state index contributed by atoms with van der Waals surface area (Å²) in [6.07, 6.45) is 1.25. The van der Waals surface area contributed by atoms with E-state index < -0.39 is 34.6 Å². The Morgan fingerprint density at radius 2 is 2.03 bits per heavy atom. The highest BCUT2D eigenvalue weighted by atomic mass is 79.9. The third-order valence-corrected chi connectivity index (χ3v) is 6.36. The molecule has 0 bridgehead atoms. The number of amides is 2. The Bertz CT molecular complexity index is 1110. The highest BCUT2D eigenvalue weighted by Gasteiger charge is 2.52. The van der Waals surface area contributed by atoms with Crippen LogP contribution in [-0.4, -0.2) is 39.0 Å². The summed E-state index contributed by atoms with van der Waals surface area (Å²) in [4.78, 5) is 26.3. The third kappa shape index (κ3) is 3.83. The summed E-state index contributed by atoms with van der Waals surface area (Å²) < 4.78 is 27.7. The molecule has 1 fully saturated rings. The summed E-state index contributed by atoms with van der Waals surface area (Å²) in [5, 5.41) is 16.5. The molecule has 0 aromatic heterocycles. The van der Waals surface area contributed by atoms with Crippen LogP contribution in [0, 0.1) is 11.6 Å². The van der Waals surface area contributed by atoms with Gasteiger partial charge in [-0.2, -0.15) is 0 Å². The van der Waals surface area contributed by atoms with E-state index in [0.29, 0.717) is 24.9 Å². The molecule has 162 valence electrons. The molecule has 2 aromatic carbocycles. The second-order valence-electron chi connectivity index (χ2n) is 7.80. The number of hydrogen-bond acceptors (Lipinski definition) is 4. The second kappa shape index (κ2) is 8.05. The quantitative estimate of drug-likeness (QED) is 0.625. The lowest BCUT2D eigenvalue weighted by atomic mass is 9.90. The first-order valence-corrected chi connectivity index (χ1v) is 10.5. The zero-order valence-corrected chi connectivity index (χ0v) is 18.2. The molecule has 31 heavy (non-hydrogen) atoms. The van der Waals surface area contributed by atoms with Crippen LogP contribution < -0.4 is 5.32 Å². The van der Waals surface area contributed by atoms with Gasteiger partial charge >= 0.3 is 0 Å². The molecule has 2 amide bonds. The average Bonchev–Trinajstić information content (AvgIpc) is 3.11. The zero-order chi connectivity index (χ0) is 22.3. The predicted molar refractivity (Wildman–Crippen MR) is 114 cm³/mol. The number of halogens is 3. The minimum Gasteiger partial charge on any atom is -0.509 e. The normalized spacial score (nSPS) is 21.4. The van der Waals surface area contributed by atoms with Crippen molar-refractivity contribution in [1.82, 2.24) is 10.0 Å². The fourth-order valence-corrected chi connectivity index (χ4v) is 4.37. The van der Waals surface area contributed by atoms with E-state index in [1.807, 2.05) is 0 Å². The van der Waals surface area contributed by atoms with Crippen molar-refractivity contribution in [2.75, 3.05) is 11.9 Å². The van der Waals surface area contributed by atoms with Crippen LogP contribution in [-0.2, 0) is 16.1 Å². The van der Waals surface area contributed by atoms with E-state index in [9.17, 15) is 23.5 Å². The summed E-state index contributed by atoms with van der Waals surface area (Å²) in [6.45, 7) is 2.31. The smallest absolute Gasteiger partial charge is 0.277 e. The fourth-order valence-electron chi connectivity index (χ4n) is 4.12. The number of anilines is 1. The lowest BCUT2D eigenvalue weighted by Gasteiger charge is -2.46. The number of rotatable bonds is 4. The van der Waals surface area contributed by atoms with Crippen LogP contribution in [0.5, 0.6) is 0 Å². The van der Waals surface area contributed by atoms with Crippen molar-refractivity contribution in [2.45, 2.75) is 31.8 Å². The SMILES string of the molecule is C[C@]12CCCN1N(Cc1cccc(F)c1)C(=O)C(C(=O)Nc1ccc(Br)c(F)c1)=C2O. The van der Waals surface area contributed by atoms with E-state index in [2.05, 4.69) is 21.2 Å². The van der Waals surface area contributed by atoms with Crippen molar-refractivity contribution < 1.29 is 23.5 Å². The Morgan fingerprint density at radius 3 is 2.74 bits per heavy atom. The summed E-state index contributed by atoms with van der Waals surface area (Å²) >= 11 is 3.04. The first-order valence-electron chi connectivity index (χ1n) is 9.74. The van der Waals surface area contributed by atoms with Gasteiger partial charge in [-0.25, -0.2) is 13.8 Å². The van der Waals surface area contributed by atoms with Gasteiger partial charge in [0.1, 0.15) is 23.0 Å². The number of aliphatic hydroxyl groups is 1. The number of benzene rings is 2. The van der Waals surface area contributed by atoms with E-state index in [1.54, 1.807) is 24.1 Å². The highest BCUT2D eigenvalue weighted by molar-refractivity contribution is 9.10. The number of nitrogens with zero attached hydrogens (tertiary/aromatic N) is 2. The van der Waals surface area contributed by atoms with Crippen molar-refractivity contribution >= 4 is 33.4 Å². The van der Waals surface area contributed by atoms with Crippen molar-refractivity contribution in [3.8, 4) is 0 Å². The lowest BCUT2D eigenvalue weighted by molar-refractivity contribution is -0.160. The summed E-state index contributed by atoms with van der Waals surface area (Å²) in [6, 6.07) is 9.88. The molecular weight excluding hydrogens is 472 g/mol. The zero-order valence-electron chi connectivity index (χ0n) is 16.7. The topological polar surface area (TPSA) is 72.9 Å². The number of fused-ring (bicyclic) bond motifs is 1. The van der Waals surface area contributed by atoms with Crippen LogP contribution >= 0.6 is 15.9 Å². The Balaban J connectivity index is 1.69. The molecule has 9 heteroatoms. The predicted octanol–water partition coefficient (Wildman–Crippen LogP) is 4.29. The van der Waals surface area contributed by atoms with Crippen LogP contribution in [0.3, 0.4) is 0 Å². The van der Waals surface area contributed by atoms with Gasteiger partial charge in [-0.3, -0.25) is 14.6 Å². The molecule has 0 saturated carbocycles. The number of carbonyl (C=O) groups is 2. The molecule has 4 rings (SSSR count). The summed E-state index contributed by atoms with van der Waals surface area (Å²) in [5.74, 6) is -2.86. The maximum Gasteiger partial charge on any atom is 0.277 e. The maximum absolute atomic E-state index is 13.8. The fraction of sp³-hybridized carbons (Fsp3) is 0.273. The molecule has 0 unspecified atom stereocenters. The first-order chi connectivity index (χ1) is 14.7. The van der Waals surface area contributed by atoms with E-state index >= 15 is 0 Å². The third-order valence-electron chi connectivity index (χ3n) is 5.72.